The molecule has 23 heavy (non-hydrogen) atoms. The largest absolute Gasteiger partial charge is 0.492 e. The zero-order chi connectivity index (χ0) is 16.5. The third-order valence-electron chi connectivity index (χ3n) is 4.14. The fraction of sp³-hybridized carbons (Fsp3) is 0.611. The van der Waals surface area contributed by atoms with Gasteiger partial charge in [0.15, 0.2) is 0 Å². The maximum absolute atomic E-state index is 11.9. The highest BCUT2D eigenvalue weighted by Gasteiger charge is 2.15. The molecule has 1 atom stereocenters. The van der Waals surface area contributed by atoms with E-state index in [0.717, 1.165) is 37.4 Å². The Morgan fingerprint density at radius 3 is 3.04 bits per heavy atom. The molecule has 1 amide bonds. The lowest BCUT2D eigenvalue weighted by Crippen LogP contribution is -2.23. The normalized spacial score (nSPS) is 17.4. The highest BCUT2D eigenvalue weighted by Crippen LogP contribution is 2.15. The highest BCUT2D eigenvalue weighted by atomic mass is 16.5. The lowest BCUT2D eigenvalue weighted by atomic mass is 10.0. The molecule has 0 bridgehead atoms. The Kier molecular flexibility index (Phi) is 7.36. The second-order valence-corrected chi connectivity index (χ2v) is 6.47. The minimum atomic E-state index is 0.135. The molecule has 128 valence electrons. The maximum atomic E-state index is 11.9. The van der Waals surface area contributed by atoms with Gasteiger partial charge in [-0.2, -0.15) is 0 Å². The van der Waals surface area contributed by atoms with Crippen LogP contribution in [0.15, 0.2) is 24.3 Å². The lowest BCUT2D eigenvalue weighted by Gasteiger charge is -2.12. The third-order valence-corrected chi connectivity index (χ3v) is 4.14. The molecule has 1 aliphatic rings. The van der Waals surface area contributed by atoms with E-state index in [4.69, 9.17) is 4.74 Å². The summed E-state index contributed by atoms with van der Waals surface area (Å²) in [6, 6.07) is 7.93. The number of benzene rings is 1. The molecule has 1 saturated heterocycles. The van der Waals surface area contributed by atoms with E-state index >= 15 is 0 Å². The van der Waals surface area contributed by atoms with Crippen LogP contribution in [-0.4, -0.2) is 51.1 Å². The van der Waals surface area contributed by atoms with E-state index in [9.17, 15) is 4.79 Å². The second-order valence-electron chi connectivity index (χ2n) is 6.47. The number of hydrogen-bond acceptors (Lipinski definition) is 4. The van der Waals surface area contributed by atoms with Crippen LogP contribution in [0.3, 0.4) is 0 Å². The van der Waals surface area contributed by atoms with Crippen molar-refractivity contribution in [1.82, 2.24) is 15.5 Å². The molecule has 1 aromatic rings. The van der Waals surface area contributed by atoms with Crippen molar-refractivity contribution in [2.75, 3.05) is 40.3 Å². The monoisotopic (exact) mass is 319 g/mol. The zero-order valence-corrected chi connectivity index (χ0v) is 14.3. The van der Waals surface area contributed by atoms with Crippen molar-refractivity contribution in [3.8, 4) is 5.75 Å². The van der Waals surface area contributed by atoms with Gasteiger partial charge >= 0.3 is 0 Å². The average Bonchev–Trinajstić information content (AvgIpc) is 3.04. The van der Waals surface area contributed by atoms with E-state index in [0.29, 0.717) is 25.5 Å². The van der Waals surface area contributed by atoms with E-state index in [1.54, 1.807) is 0 Å². The first kappa shape index (κ1) is 17.8. The first-order chi connectivity index (χ1) is 11.1. The predicted molar refractivity (Wildman–Crippen MR) is 92.5 cm³/mol. The molecular weight excluding hydrogens is 290 g/mol. The number of amides is 1. The Bertz CT molecular complexity index is 485. The Labute approximate surface area is 139 Å². The topological polar surface area (TPSA) is 53.6 Å². The summed E-state index contributed by atoms with van der Waals surface area (Å²) >= 11 is 0. The van der Waals surface area contributed by atoms with Crippen LogP contribution in [0, 0.1) is 5.92 Å². The Morgan fingerprint density at radius 1 is 1.43 bits per heavy atom. The van der Waals surface area contributed by atoms with Gasteiger partial charge in [-0.15, -0.1) is 0 Å². The molecule has 0 spiro atoms. The summed E-state index contributed by atoms with van der Waals surface area (Å²) in [7, 11) is 4.05. The van der Waals surface area contributed by atoms with E-state index in [1.165, 1.54) is 6.42 Å². The first-order valence-corrected chi connectivity index (χ1v) is 8.47. The van der Waals surface area contributed by atoms with Crippen molar-refractivity contribution in [1.29, 1.82) is 0 Å². The van der Waals surface area contributed by atoms with Crippen molar-refractivity contribution in [3.05, 3.63) is 29.8 Å². The van der Waals surface area contributed by atoms with Gasteiger partial charge in [-0.1, -0.05) is 12.1 Å². The van der Waals surface area contributed by atoms with Crippen LogP contribution in [-0.2, 0) is 11.3 Å². The molecule has 5 heteroatoms. The van der Waals surface area contributed by atoms with Crippen molar-refractivity contribution in [2.24, 2.45) is 5.92 Å². The van der Waals surface area contributed by atoms with Gasteiger partial charge in [0, 0.05) is 19.5 Å². The number of hydrogen-bond donors (Lipinski definition) is 2. The van der Waals surface area contributed by atoms with Gasteiger partial charge in [-0.3, -0.25) is 4.79 Å². The Balaban J connectivity index is 1.68. The minimum absolute atomic E-state index is 0.135. The smallest absolute Gasteiger partial charge is 0.220 e. The molecule has 5 nitrogen and oxygen atoms in total. The average molecular weight is 319 g/mol. The van der Waals surface area contributed by atoms with Gasteiger partial charge in [0.1, 0.15) is 12.4 Å². The molecule has 2 N–H and O–H groups in total. The summed E-state index contributed by atoms with van der Waals surface area (Å²) < 4.78 is 5.72. The summed E-state index contributed by atoms with van der Waals surface area (Å²) in [6.45, 7) is 4.26. The molecule has 1 heterocycles. The molecule has 1 aliphatic heterocycles. The van der Waals surface area contributed by atoms with Crippen LogP contribution in [0.4, 0.5) is 0 Å². The predicted octanol–water partition coefficient (Wildman–Crippen LogP) is 1.63. The molecule has 0 aromatic heterocycles. The van der Waals surface area contributed by atoms with Crippen LogP contribution >= 0.6 is 0 Å². The van der Waals surface area contributed by atoms with Crippen molar-refractivity contribution >= 4 is 5.91 Å². The number of nitrogens with zero attached hydrogens (tertiary/aromatic N) is 1. The Hall–Kier alpha value is -1.59. The molecule has 2 rings (SSSR count). The van der Waals surface area contributed by atoms with Gasteiger partial charge in [0.05, 0.1) is 0 Å². The van der Waals surface area contributed by atoms with Crippen LogP contribution in [0.5, 0.6) is 5.75 Å². The van der Waals surface area contributed by atoms with E-state index in [1.807, 2.05) is 38.4 Å². The first-order valence-electron chi connectivity index (χ1n) is 8.47. The summed E-state index contributed by atoms with van der Waals surface area (Å²) in [5.41, 5.74) is 1.07. The SMILES string of the molecule is CN(C)CCOc1cccc(CNC(=O)CCC2CCNC2)c1. The number of likely N-dealkylation sites (N-methyl/N-ethyl adjacent to an activating group) is 1. The van der Waals surface area contributed by atoms with Gasteiger partial charge < -0.3 is 20.3 Å². The fourth-order valence-electron chi connectivity index (χ4n) is 2.68. The molecular formula is C18H29N3O2. The van der Waals surface area contributed by atoms with Crippen molar-refractivity contribution in [2.45, 2.75) is 25.8 Å². The van der Waals surface area contributed by atoms with Crippen molar-refractivity contribution < 1.29 is 9.53 Å². The molecule has 1 aromatic carbocycles. The standard InChI is InChI=1S/C18H29N3O2/c1-21(2)10-11-23-17-5-3-4-16(12-17)14-20-18(22)7-6-15-8-9-19-13-15/h3-5,12,15,19H,6-11,13-14H2,1-2H3,(H,20,22). The van der Waals surface area contributed by atoms with Crippen LogP contribution in [0.1, 0.15) is 24.8 Å². The molecule has 0 aliphatic carbocycles. The van der Waals surface area contributed by atoms with E-state index < -0.39 is 0 Å². The number of carbonyl (C=O) groups excluding carboxylic acids is 1. The zero-order valence-electron chi connectivity index (χ0n) is 14.3. The van der Waals surface area contributed by atoms with Crippen LogP contribution < -0.4 is 15.4 Å². The van der Waals surface area contributed by atoms with Crippen LogP contribution in [0.25, 0.3) is 0 Å². The second kappa shape index (κ2) is 9.53. The molecule has 1 fully saturated rings. The quantitative estimate of drug-likeness (QED) is 0.726. The van der Waals surface area contributed by atoms with E-state index in [-0.39, 0.29) is 5.91 Å². The Morgan fingerprint density at radius 2 is 2.30 bits per heavy atom. The summed E-state index contributed by atoms with van der Waals surface area (Å²) in [6.07, 6.45) is 2.79. The van der Waals surface area contributed by atoms with Gasteiger partial charge in [0.25, 0.3) is 0 Å². The number of rotatable bonds is 9. The molecule has 0 saturated carbocycles. The number of nitrogens with one attached hydrogen (secondary N) is 2. The third kappa shape index (κ3) is 7.01. The van der Waals surface area contributed by atoms with Gasteiger partial charge in [-0.25, -0.2) is 0 Å². The minimum Gasteiger partial charge on any atom is -0.492 e. The fourth-order valence-corrected chi connectivity index (χ4v) is 2.68. The lowest BCUT2D eigenvalue weighted by molar-refractivity contribution is -0.121. The van der Waals surface area contributed by atoms with Gasteiger partial charge in [-0.05, 0) is 63.6 Å². The van der Waals surface area contributed by atoms with E-state index in [2.05, 4.69) is 15.5 Å². The summed E-state index contributed by atoms with van der Waals surface area (Å²) in [5, 5.41) is 6.34. The van der Waals surface area contributed by atoms with Crippen LogP contribution in [0.2, 0.25) is 0 Å². The number of ether oxygens (including phenoxy) is 1. The molecule has 1 unspecified atom stereocenters. The summed E-state index contributed by atoms with van der Waals surface area (Å²) in [5.74, 6) is 1.65. The molecule has 0 radical (unpaired) electrons. The van der Waals surface area contributed by atoms with Gasteiger partial charge in [0.2, 0.25) is 5.91 Å². The maximum Gasteiger partial charge on any atom is 0.220 e. The van der Waals surface area contributed by atoms with Crippen molar-refractivity contribution in [3.63, 3.8) is 0 Å². The number of carbonyl (C=O) groups is 1. The highest BCUT2D eigenvalue weighted by molar-refractivity contribution is 5.75. The summed E-state index contributed by atoms with van der Waals surface area (Å²) in [4.78, 5) is 14.0.